The van der Waals surface area contributed by atoms with Gasteiger partial charge in [0.2, 0.25) is 0 Å². The van der Waals surface area contributed by atoms with Crippen molar-refractivity contribution < 1.29 is 13.7 Å². The van der Waals surface area contributed by atoms with Crippen LogP contribution in [0.25, 0.3) is 22.6 Å². The van der Waals surface area contributed by atoms with E-state index in [0.29, 0.717) is 39.5 Å². The van der Waals surface area contributed by atoms with Gasteiger partial charge in [-0.2, -0.15) is 0 Å². The third-order valence-electron chi connectivity index (χ3n) is 4.01. The lowest BCUT2D eigenvalue weighted by Crippen LogP contribution is -2.13. The Kier molecular flexibility index (Phi) is 4.08. The van der Waals surface area contributed by atoms with Crippen LogP contribution in [0.5, 0.6) is 0 Å². The van der Waals surface area contributed by atoms with E-state index < -0.39 is 0 Å². The molecule has 0 aliphatic rings. The highest BCUT2D eigenvalue weighted by atomic mass is 79.9. The van der Waals surface area contributed by atoms with E-state index in [0.717, 1.165) is 10.0 Å². The average molecular weight is 412 g/mol. The Bertz CT molecular complexity index is 1120. The molecule has 1 aromatic carbocycles. The third-order valence-corrected chi connectivity index (χ3v) is 4.66. The SMILES string of the molecule is Cc1ccc(NC(=O)c2cc(-c3ccco3)nc3onc(C)c23)c(Br)c1. The van der Waals surface area contributed by atoms with Gasteiger partial charge >= 0.3 is 0 Å². The van der Waals surface area contributed by atoms with Crippen molar-refractivity contribution in [3.05, 3.63) is 64.0 Å². The standard InChI is InChI=1S/C19H14BrN3O3/c1-10-5-6-14(13(20)8-10)21-18(24)12-9-15(16-4-3-7-25-16)22-19-17(12)11(2)23-26-19/h3-9H,1-2H3,(H,21,24). The minimum absolute atomic E-state index is 0.277. The first-order valence-corrected chi connectivity index (χ1v) is 8.70. The van der Waals surface area contributed by atoms with Crippen LogP contribution in [0, 0.1) is 13.8 Å². The summed E-state index contributed by atoms with van der Waals surface area (Å²) in [6, 6.07) is 10.9. The van der Waals surface area contributed by atoms with Crippen molar-refractivity contribution in [2.24, 2.45) is 0 Å². The van der Waals surface area contributed by atoms with Crippen molar-refractivity contribution in [3.8, 4) is 11.5 Å². The van der Waals surface area contributed by atoms with E-state index in [2.05, 4.69) is 31.4 Å². The van der Waals surface area contributed by atoms with Crippen LogP contribution < -0.4 is 5.32 Å². The molecular weight excluding hydrogens is 398 g/mol. The van der Waals surface area contributed by atoms with E-state index in [1.807, 2.05) is 25.1 Å². The molecule has 7 heteroatoms. The summed E-state index contributed by atoms with van der Waals surface area (Å²) in [4.78, 5) is 17.4. The van der Waals surface area contributed by atoms with Gasteiger partial charge in [0.05, 0.1) is 28.6 Å². The Balaban J connectivity index is 1.81. The number of hydrogen-bond acceptors (Lipinski definition) is 5. The van der Waals surface area contributed by atoms with Gasteiger partial charge in [0.25, 0.3) is 11.6 Å². The Morgan fingerprint density at radius 3 is 2.77 bits per heavy atom. The topological polar surface area (TPSA) is 81.2 Å². The molecule has 4 rings (SSSR count). The number of hydrogen-bond donors (Lipinski definition) is 1. The lowest BCUT2D eigenvalue weighted by Gasteiger charge is -2.09. The van der Waals surface area contributed by atoms with Gasteiger partial charge in [-0.1, -0.05) is 11.2 Å². The summed E-state index contributed by atoms with van der Waals surface area (Å²) >= 11 is 3.48. The number of furan rings is 1. The lowest BCUT2D eigenvalue weighted by atomic mass is 10.1. The minimum Gasteiger partial charge on any atom is -0.463 e. The van der Waals surface area contributed by atoms with E-state index in [-0.39, 0.29) is 5.91 Å². The van der Waals surface area contributed by atoms with Gasteiger partial charge in [-0.3, -0.25) is 4.79 Å². The molecule has 1 N–H and O–H groups in total. The van der Waals surface area contributed by atoms with E-state index in [1.54, 1.807) is 31.4 Å². The van der Waals surface area contributed by atoms with Crippen LogP contribution in [0.3, 0.4) is 0 Å². The number of rotatable bonds is 3. The number of halogens is 1. The fourth-order valence-electron chi connectivity index (χ4n) is 2.74. The van der Waals surface area contributed by atoms with Gasteiger partial charge in [0.15, 0.2) is 5.76 Å². The first kappa shape index (κ1) is 16.5. The second-order valence-corrected chi connectivity index (χ2v) is 6.77. The molecule has 0 saturated heterocycles. The maximum atomic E-state index is 13.0. The predicted molar refractivity (Wildman–Crippen MR) is 101 cm³/mol. The number of benzene rings is 1. The number of nitrogens with zero attached hydrogens (tertiary/aromatic N) is 2. The Morgan fingerprint density at radius 1 is 1.19 bits per heavy atom. The maximum absolute atomic E-state index is 13.0. The molecule has 0 spiro atoms. The van der Waals surface area contributed by atoms with Gasteiger partial charge in [0, 0.05) is 4.47 Å². The molecule has 3 aromatic heterocycles. The molecule has 0 saturated carbocycles. The molecule has 0 aliphatic carbocycles. The first-order valence-electron chi connectivity index (χ1n) is 7.91. The van der Waals surface area contributed by atoms with Crippen LogP contribution in [-0.2, 0) is 0 Å². The second kappa shape index (κ2) is 6.42. The Hall–Kier alpha value is -2.93. The van der Waals surface area contributed by atoms with Crippen LogP contribution in [0.2, 0.25) is 0 Å². The highest BCUT2D eigenvalue weighted by Crippen LogP contribution is 2.29. The molecule has 0 bridgehead atoms. The third kappa shape index (κ3) is 2.90. The molecule has 0 atom stereocenters. The maximum Gasteiger partial charge on any atom is 0.259 e. The van der Waals surface area contributed by atoms with Crippen molar-refractivity contribution >= 4 is 38.6 Å². The zero-order valence-corrected chi connectivity index (χ0v) is 15.6. The number of aromatic nitrogens is 2. The summed E-state index contributed by atoms with van der Waals surface area (Å²) < 4.78 is 11.5. The van der Waals surface area contributed by atoms with Gasteiger partial charge < -0.3 is 14.3 Å². The molecule has 1 amide bonds. The number of fused-ring (bicyclic) bond motifs is 1. The van der Waals surface area contributed by atoms with Crippen LogP contribution in [0.4, 0.5) is 5.69 Å². The van der Waals surface area contributed by atoms with Crippen molar-refractivity contribution in [2.75, 3.05) is 5.32 Å². The number of anilines is 1. The second-order valence-electron chi connectivity index (χ2n) is 5.92. The van der Waals surface area contributed by atoms with Crippen molar-refractivity contribution in [3.63, 3.8) is 0 Å². The minimum atomic E-state index is -0.277. The molecular formula is C19H14BrN3O3. The Morgan fingerprint density at radius 2 is 2.04 bits per heavy atom. The Labute approximate surface area is 157 Å². The number of pyridine rings is 1. The zero-order chi connectivity index (χ0) is 18.3. The van der Waals surface area contributed by atoms with Crippen LogP contribution >= 0.6 is 15.9 Å². The van der Waals surface area contributed by atoms with E-state index in [4.69, 9.17) is 8.94 Å². The van der Waals surface area contributed by atoms with Crippen molar-refractivity contribution in [2.45, 2.75) is 13.8 Å². The predicted octanol–water partition coefficient (Wildman–Crippen LogP) is 5.11. The smallest absolute Gasteiger partial charge is 0.259 e. The summed E-state index contributed by atoms with van der Waals surface area (Å²) in [6.45, 7) is 3.76. The average Bonchev–Trinajstić information content (AvgIpc) is 3.27. The number of amides is 1. The summed E-state index contributed by atoms with van der Waals surface area (Å²) in [5, 5.41) is 7.45. The van der Waals surface area contributed by atoms with Gasteiger partial charge in [-0.15, -0.1) is 0 Å². The number of carbonyl (C=O) groups excluding carboxylic acids is 1. The van der Waals surface area contributed by atoms with Crippen molar-refractivity contribution in [1.82, 2.24) is 10.1 Å². The van der Waals surface area contributed by atoms with Crippen LogP contribution in [-0.4, -0.2) is 16.0 Å². The van der Waals surface area contributed by atoms with Gasteiger partial charge in [0.1, 0.15) is 5.69 Å². The zero-order valence-electron chi connectivity index (χ0n) is 14.0. The monoisotopic (exact) mass is 411 g/mol. The highest BCUT2D eigenvalue weighted by molar-refractivity contribution is 9.10. The fraction of sp³-hybridized carbons (Fsp3) is 0.105. The molecule has 0 aliphatic heterocycles. The molecule has 3 heterocycles. The summed E-state index contributed by atoms with van der Waals surface area (Å²) in [5.74, 6) is 0.271. The number of aryl methyl sites for hydroxylation is 2. The van der Waals surface area contributed by atoms with Gasteiger partial charge in [-0.25, -0.2) is 4.98 Å². The van der Waals surface area contributed by atoms with Crippen molar-refractivity contribution in [1.29, 1.82) is 0 Å². The molecule has 4 aromatic rings. The lowest BCUT2D eigenvalue weighted by molar-refractivity contribution is 0.102. The molecule has 6 nitrogen and oxygen atoms in total. The van der Waals surface area contributed by atoms with E-state index >= 15 is 0 Å². The van der Waals surface area contributed by atoms with Gasteiger partial charge in [-0.05, 0) is 65.7 Å². The molecule has 0 unspecified atom stereocenters. The normalized spacial score (nSPS) is 11.0. The van der Waals surface area contributed by atoms with E-state index in [9.17, 15) is 4.79 Å². The quantitative estimate of drug-likeness (QED) is 0.506. The van der Waals surface area contributed by atoms with Crippen LogP contribution in [0.1, 0.15) is 21.6 Å². The largest absolute Gasteiger partial charge is 0.463 e. The molecule has 130 valence electrons. The summed E-state index contributed by atoms with van der Waals surface area (Å²) in [5.41, 5.74) is 3.60. The van der Waals surface area contributed by atoms with E-state index in [1.165, 1.54) is 0 Å². The molecule has 0 fully saturated rings. The molecule has 26 heavy (non-hydrogen) atoms. The summed E-state index contributed by atoms with van der Waals surface area (Å²) in [7, 11) is 0. The number of nitrogens with one attached hydrogen (secondary N) is 1. The first-order chi connectivity index (χ1) is 12.5. The fourth-order valence-corrected chi connectivity index (χ4v) is 3.33. The number of carbonyl (C=O) groups is 1. The highest BCUT2D eigenvalue weighted by Gasteiger charge is 2.20. The summed E-state index contributed by atoms with van der Waals surface area (Å²) in [6.07, 6.45) is 1.55. The molecule has 0 radical (unpaired) electrons. The van der Waals surface area contributed by atoms with Crippen LogP contribution in [0.15, 0.2) is 56.1 Å².